The van der Waals surface area contributed by atoms with E-state index in [1.54, 1.807) is 0 Å². The van der Waals surface area contributed by atoms with E-state index in [-0.39, 0.29) is 24.4 Å². The minimum atomic E-state index is -0.682. The van der Waals surface area contributed by atoms with Crippen molar-refractivity contribution in [1.82, 2.24) is 0 Å². The van der Waals surface area contributed by atoms with Crippen LogP contribution in [0.4, 0.5) is 0 Å². The zero-order valence-corrected chi connectivity index (χ0v) is 16.1. The maximum absolute atomic E-state index is 6.26. The minimum absolute atomic E-state index is 0.214. The summed E-state index contributed by atoms with van der Waals surface area (Å²) in [6, 6.07) is 8.31. The molecule has 0 spiro atoms. The summed E-state index contributed by atoms with van der Waals surface area (Å²) in [5, 5.41) is 0. The SMILES string of the molecule is Cc1ccc(CO[C@@H]2[C@H]3OC(C)(C)O[C@H]3O[C@@H]2[C@H]2COC(C)(C)O2)cc1. The molecule has 3 aliphatic rings. The fraction of sp³-hybridized carbons (Fsp3) is 0.700. The topological polar surface area (TPSA) is 55.4 Å². The molecule has 0 N–H and O–H groups in total. The van der Waals surface area contributed by atoms with Crippen molar-refractivity contribution in [2.24, 2.45) is 0 Å². The maximum Gasteiger partial charge on any atom is 0.190 e. The lowest BCUT2D eigenvalue weighted by atomic mass is 10.1. The molecule has 3 aliphatic heterocycles. The van der Waals surface area contributed by atoms with Gasteiger partial charge in [0.1, 0.15) is 24.4 Å². The van der Waals surface area contributed by atoms with Crippen LogP contribution in [0.1, 0.15) is 38.8 Å². The molecule has 0 unspecified atom stereocenters. The van der Waals surface area contributed by atoms with E-state index in [0.717, 1.165) is 5.56 Å². The first-order chi connectivity index (χ1) is 12.2. The minimum Gasteiger partial charge on any atom is -0.368 e. The van der Waals surface area contributed by atoms with Gasteiger partial charge in [0.25, 0.3) is 0 Å². The van der Waals surface area contributed by atoms with Crippen LogP contribution in [0.15, 0.2) is 24.3 Å². The van der Waals surface area contributed by atoms with Crippen molar-refractivity contribution >= 4 is 0 Å². The van der Waals surface area contributed by atoms with Crippen molar-refractivity contribution in [1.29, 1.82) is 0 Å². The molecule has 0 aliphatic carbocycles. The predicted molar refractivity (Wildman–Crippen MR) is 93.4 cm³/mol. The quantitative estimate of drug-likeness (QED) is 0.819. The van der Waals surface area contributed by atoms with Crippen LogP contribution in [-0.2, 0) is 35.0 Å². The highest BCUT2D eigenvalue weighted by atomic mass is 16.8. The molecule has 144 valence electrons. The van der Waals surface area contributed by atoms with Gasteiger partial charge in [-0.05, 0) is 40.2 Å². The fourth-order valence-electron chi connectivity index (χ4n) is 3.75. The first-order valence-electron chi connectivity index (χ1n) is 9.22. The lowest BCUT2D eigenvalue weighted by Gasteiger charge is -2.29. The van der Waals surface area contributed by atoms with Crippen LogP contribution >= 0.6 is 0 Å². The van der Waals surface area contributed by atoms with Crippen LogP contribution in [0.25, 0.3) is 0 Å². The molecule has 0 bridgehead atoms. The molecule has 3 heterocycles. The Kier molecular flexibility index (Phi) is 4.62. The molecule has 0 aromatic heterocycles. The summed E-state index contributed by atoms with van der Waals surface area (Å²) in [4.78, 5) is 0. The van der Waals surface area contributed by atoms with Crippen molar-refractivity contribution in [2.75, 3.05) is 6.61 Å². The Morgan fingerprint density at radius 2 is 1.69 bits per heavy atom. The number of hydrogen-bond donors (Lipinski definition) is 0. The van der Waals surface area contributed by atoms with Gasteiger partial charge in [-0.3, -0.25) is 0 Å². The van der Waals surface area contributed by atoms with Crippen molar-refractivity contribution in [3.8, 4) is 0 Å². The molecule has 4 rings (SSSR count). The average Bonchev–Trinajstić information content (AvgIpc) is 3.16. The molecule has 0 radical (unpaired) electrons. The van der Waals surface area contributed by atoms with Crippen LogP contribution in [0.2, 0.25) is 0 Å². The summed E-state index contributed by atoms with van der Waals surface area (Å²) in [6.45, 7) is 10.6. The number of benzene rings is 1. The van der Waals surface area contributed by atoms with E-state index < -0.39 is 17.9 Å². The van der Waals surface area contributed by atoms with E-state index in [1.165, 1.54) is 5.56 Å². The van der Waals surface area contributed by atoms with Gasteiger partial charge in [-0.25, -0.2) is 0 Å². The molecule has 3 saturated heterocycles. The summed E-state index contributed by atoms with van der Waals surface area (Å²) in [6.07, 6.45) is -1.54. The zero-order chi connectivity index (χ0) is 18.5. The van der Waals surface area contributed by atoms with Crippen LogP contribution < -0.4 is 0 Å². The second kappa shape index (κ2) is 6.55. The third-order valence-electron chi connectivity index (χ3n) is 4.99. The van der Waals surface area contributed by atoms with E-state index in [1.807, 2.05) is 27.7 Å². The van der Waals surface area contributed by atoms with Gasteiger partial charge in [0.05, 0.1) is 13.2 Å². The van der Waals surface area contributed by atoms with Gasteiger partial charge in [0, 0.05) is 0 Å². The van der Waals surface area contributed by atoms with Crippen LogP contribution in [0.3, 0.4) is 0 Å². The standard InChI is InChI=1S/C20H28O6/c1-12-6-8-13(9-7-12)10-21-16-15(14-11-22-19(2,3)24-14)23-18-17(16)25-20(4,5)26-18/h6-9,14-18H,10-11H2,1-5H3/t14-,15-,16+,17-,18-/m1/s1. The summed E-state index contributed by atoms with van der Waals surface area (Å²) >= 11 is 0. The first-order valence-corrected chi connectivity index (χ1v) is 9.22. The van der Waals surface area contributed by atoms with Crippen molar-refractivity contribution in [2.45, 2.75) is 83.5 Å². The molecule has 1 aromatic carbocycles. The van der Waals surface area contributed by atoms with Crippen LogP contribution in [0, 0.1) is 6.92 Å². The van der Waals surface area contributed by atoms with E-state index in [4.69, 9.17) is 28.4 Å². The fourth-order valence-corrected chi connectivity index (χ4v) is 3.75. The molecule has 6 nitrogen and oxygen atoms in total. The number of fused-ring (bicyclic) bond motifs is 1. The lowest BCUT2D eigenvalue weighted by Crippen LogP contribution is -2.44. The molecule has 3 fully saturated rings. The Labute approximate surface area is 154 Å². The Morgan fingerprint density at radius 3 is 2.35 bits per heavy atom. The Balaban J connectivity index is 1.49. The molecular formula is C20H28O6. The summed E-state index contributed by atoms with van der Waals surface area (Å²) in [5.41, 5.74) is 2.34. The van der Waals surface area contributed by atoms with Crippen molar-refractivity contribution in [3.05, 3.63) is 35.4 Å². The van der Waals surface area contributed by atoms with E-state index >= 15 is 0 Å². The molecule has 26 heavy (non-hydrogen) atoms. The van der Waals surface area contributed by atoms with Gasteiger partial charge in [-0.1, -0.05) is 29.8 Å². The third kappa shape index (κ3) is 3.67. The molecule has 1 aromatic rings. The molecular weight excluding hydrogens is 336 g/mol. The molecule has 5 atom stereocenters. The van der Waals surface area contributed by atoms with Gasteiger partial charge in [-0.2, -0.15) is 0 Å². The van der Waals surface area contributed by atoms with E-state index in [9.17, 15) is 0 Å². The Hall–Kier alpha value is -1.02. The monoisotopic (exact) mass is 364 g/mol. The van der Waals surface area contributed by atoms with Gasteiger partial charge < -0.3 is 28.4 Å². The normalized spacial score (nSPS) is 37.8. The first kappa shape index (κ1) is 18.3. The smallest absolute Gasteiger partial charge is 0.190 e. The second-order valence-corrected chi connectivity index (χ2v) is 8.20. The summed E-state index contributed by atoms with van der Waals surface area (Å²) < 4.78 is 36.1. The number of ether oxygens (including phenoxy) is 6. The maximum atomic E-state index is 6.26. The zero-order valence-electron chi connectivity index (χ0n) is 16.1. The largest absolute Gasteiger partial charge is 0.368 e. The number of rotatable bonds is 4. The Morgan fingerprint density at radius 1 is 0.962 bits per heavy atom. The molecule has 6 heteroatoms. The van der Waals surface area contributed by atoms with E-state index in [2.05, 4.69) is 31.2 Å². The van der Waals surface area contributed by atoms with Gasteiger partial charge >= 0.3 is 0 Å². The highest BCUT2D eigenvalue weighted by Gasteiger charge is 2.58. The number of aryl methyl sites for hydroxylation is 1. The predicted octanol–water partition coefficient (Wildman–Crippen LogP) is 2.91. The molecule has 0 saturated carbocycles. The van der Waals surface area contributed by atoms with Gasteiger partial charge in [-0.15, -0.1) is 0 Å². The highest BCUT2D eigenvalue weighted by Crippen LogP contribution is 2.42. The van der Waals surface area contributed by atoms with Crippen LogP contribution in [0.5, 0.6) is 0 Å². The van der Waals surface area contributed by atoms with Gasteiger partial charge in [0.2, 0.25) is 0 Å². The average molecular weight is 364 g/mol. The summed E-state index contributed by atoms with van der Waals surface area (Å²) in [7, 11) is 0. The Bertz CT molecular complexity index is 640. The highest BCUT2D eigenvalue weighted by molar-refractivity contribution is 5.20. The van der Waals surface area contributed by atoms with Gasteiger partial charge in [0.15, 0.2) is 17.9 Å². The second-order valence-electron chi connectivity index (χ2n) is 8.20. The van der Waals surface area contributed by atoms with Crippen molar-refractivity contribution in [3.63, 3.8) is 0 Å². The van der Waals surface area contributed by atoms with Crippen molar-refractivity contribution < 1.29 is 28.4 Å². The molecule has 0 amide bonds. The third-order valence-corrected chi connectivity index (χ3v) is 4.99. The number of hydrogen-bond acceptors (Lipinski definition) is 6. The van der Waals surface area contributed by atoms with Crippen LogP contribution in [-0.4, -0.2) is 48.9 Å². The lowest BCUT2D eigenvalue weighted by molar-refractivity contribution is -0.236. The summed E-state index contributed by atoms with van der Waals surface area (Å²) in [5.74, 6) is -1.30. The van der Waals surface area contributed by atoms with E-state index in [0.29, 0.717) is 13.2 Å².